The molecule has 2 rings (SSSR count). The number of amides is 1. The van der Waals surface area contributed by atoms with Crippen molar-refractivity contribution in [3.05, 3.63) is 0 Å². The molecule has 1 amide bonds. The smallest absolute Gasteiger partial charge is 0.303 e. The molecule has 0 aromatic carbocycles. The Morgan fingerprint density at radius 3 is 2.81 bits per heavy atom. The monoisotopic (exact) mass is 226 g/mol. The molecule has 1 saturated heterocycles. The summed E-state index contributed by atoms with van der Waals surface area (Å²) in [5, 5.41) is 11.5. The summed E-state index contributed by atoms with van der Waals surface area (Å²) in [6.45, 7) is 2.77. The largest absolute Gasteiger partial charge is 0.481 e. The van der Waals surface area contributed by atoms with Crippen LogP contribution in [0.5, 0.6) is 0 Å². The molecular formula is C11H18N2O3. The highest BCUT2D eigenvalue weighted by Gasteiger charge is 2.42. The molecule has 1 saturated carbocycles. The summed E-state index contributed by atoms with van der Waals surface area (Å²) in [5.74, 6) is -0.840. The number of hydrogen-bond donors (Lipinski definition) is 2. The van der Waals surface area contributed by atoms with E-state index in [9.17, 15) is 9.59 Å². The van der Waals surface area contributed by atoms with E-state index in [2.05, 4.69) is 17.1 Å². The number of rotatable bonds is 4. The van der Waals surface area contributed by atoms with Crippen molar-refractivity contribution < 1.29 is 14.7 Å². The second-order valence-corrected chi connectivity index (χ2v) is 4.72. The molecule has 2 atom stereocenters. The molecule has 0 aromatic heterocycles. The highest BCUT2D eigenvalue weighted by Crippen LogP contribution is 2.32. The molecule has 0 bridgehead atoms. The van der Waals surface area contributed by atoms with Crippen LogP contribution >= 0.6 is 0 Å². The predicted molar refractivity (Wildman–Crippen MR) is 58.0 cm³/mol. The predicted octanol–water partition coefficient (Wildman–Crippen LogP) is 0.203. The van der Waals surface area contributed by atoms with E-state index in [1.807, 2.05) is 0 Å². The van der Waals surface area contributed by atoms with Crippen LogP contribution in [0.1, 0.15) is 32.6 Å². The van der Waals surface area contributed by atoms with Gasteiger partial charge in [-0.1, -0.05) is 0 Å². The Bertz CT molecular complexity index is 302. The minimum absolute atomic E-state index is 0.00810. The van der Waals surface area contributed by atoms with E-state index in [1.165, 1.54) is 0 Å². The Kier molecular flexibility index (Phi) is 3.14. The number of piperazine rings is 1. The summed E-state index contributed by atoms with van der Waals surface area (Å²) in [6.07, 6.45) is 2.76. The molecule has 1 heterocycles. The molecule has 2 fully saturated rings. The Morgan fingerprint density at radius 2 is 2.25 bits per heavy atom. The summed E-state index contributed by atoms with van der Waals surface area (Å²) < 4.78 is 0. The zero-order valence-corrected chi connectivity index (χ0v) is 9.48. The molecule has 2 unspecified atom stereocenters. The standard InChI is InChI=1S/C11H18N2O3/c1-7-6-12-11(16)9(4-5-10(14)15)13(7)8-2-3-8/h7-9H,2-6H2,1H3,(H,12,16)(H,14,15). The first-order valence-electron chi connectivity index (χ1n) is 5.86. The van der Waals surface area contributed by atoms with Crippen LogP contribution < -0.4 is 5.32 Å². The van der Waals surface area contributed by atoms with Crippen molar-refractivity contribution in [2.45, 2.75) is 50.7 Å². The number of aliphatic carboxylic acids is 1. The highest BCUT2D eigenvalue weighted by atomic mass is 16.4. The molecule has 2 N–H and O–H groups in total. The van der Waals surface area contributed by atoms with Crippen molar-refractivity contribution in [3.8, 4) is 0 Å². The maximum Gasteiger partial charge on any atom is 0.303 e. The van der Waals surface area contributed by atoms with Gasteiger partial charge in [0.2, 0.25) is 5.91 Å². The maximum atomic E-state index is 11.7. The summed E-state index contributed by atoms with van der Waals surface area (Å²) >= 11 is 0. The van der Waals surface area contributed by atoms with Crippen molar-refractivity contribution in [3.63, 3.8) is 0 Å². The van der Waals surface area contributed by atoms with Crippen LogP contribution in [-0.4, -0.2) is 46.6 Å². The molecule has 90 valence electrons. The third-order valence-corrected chi connectivity index (χ3v) is 3.34. The van der Waals surface area contributed by atoms with Gasteiger partial charge in [0.25, 0.3) is 0 Å². The second kappa shape index (κ2) is 4.41. The van der Waals surface area contributed by atoms with Crippen molar-refractivity contribution in [1.29, 1.82) is 0 Å². The van der Waals surface area contributed by atoms with Gasteiger partial charge < -0.3 is 10.4 Å². The summed E-state index contributed by atoms with van der Waals surface area (Å²) in [4.78, 5) is 24.5. The Balaban J connectivity index is 2.02. The molecule has 0 spiro atoms. The summed E-state index contributed by atoms with van der Waals surface area (Å²) in [7, 11) is 0. The van der Waals surface area contributed by atoms with Gasteiger partial charge in [-0.2, -0.15) is 0 Å². The van der Waals surface area contributed by atoms with Crippen LogP contribution in [0.25, 0.3) is 0 Å². The second-order valence-electron chi connectivity index (χ2n) is 4.72. The van der Waals surface area contributed by atoms with Gasteiger partial charge in [0.1, 0.15) is 0 Å². The lowest BCUT2D eigenvalue weighted by Crippen LogP contribution is -2.60. The van der Waals surface area contributed by atoms with E-state index >= 15 is 0 Å². The Morgan fingerprint density at radius 1 is 1.56 bits per heavy atom. The fourth-order valence-electron chi connectivity index (χ4n) is 2.44. The molecule has 1 aliphatic carbocycles. The van der Waals surface area contributed by atoms with E-state index in [1.54, 1.807) is 0 Å². The molecule has 0 radical (unpaired) electrons. The average molecular weight is 226 g/mol. The van der Waals surface area contributed by atoms with Gasteiger partial charge in [-0.3, -0.25) is 14.5 Å². The first-order chi connectivity index (χ1) is 7.59. The molecule has 5 nitrogen and oxygen atoms in total. The number of hydrogen-bond acceptors (Lipinski definition) is 3. The molecule has 2 aliphatic rings. The maximum absolute atomic E-state index is 11.7. The SMILES string of the molecule is CC1CNC(=O)C(CCC(=O)O)N1C1CC1. The van der Waals surface area contributed by atoms with Crippen LogP contribution in [0.2, 0.25) is 0 Å². The van der Waals surface area contributed by atoms with E-state index in [0.717, 1.165) is 12.8 Å². The van der Waals surface area contributed by atoms with E-state index < -0.39 is 5.97 Å². The summed E-state index contributed by atoms with van der Waals surface area (Å²) in [6, 6.07) is 0.580. The van der Waals surface area contributed by atoms with Crippen LogP contribution in [-0.2, 0) is 9.59 Å². The third kappa shape index (κ3) is 2.35. The fourth-order valence-corrected chi connectivity index (χ4v) is 2.44. The number of carbonyl (C=O) groups excluding carboxylic acids is 1. The van der Waals surface area contributed by atoms with E-state index in [-0.39, 0.29) is 18.4 Å². The fraction of sp³-hybridized carbons (Fsp3) is 0.818. The molecule has 16 heavy (non-hydrogen) atoms. The van der Waals surface area contributed by atoms with Crippen molar-refractivity contribution in [2.75, 3.05) is 6.54 Å². The van der Waals surface area contributed by atoms with Gasteiger partial charge in [-0.15, -0.1) is 0 Å². The van der Waals surface area contributed by atoms with Gasteiger partial charge >= 0.3 is 5.97 Å². The zero-order chi connectivity index (χ0) is 11.7. The normalized spacial score (nSPS) is 31.2. The summed E-state index contributed by atoms with van der Waals surface area (Å²) in [5.41, 5.74) is 0. The number of carboxylic acids is 1. The first kappa shape index (κ1) is 11.4. The minimum atomic E-state index is -0.832. The number of carbonyl (C=O) groups is 2. The van der Waals surface area contributed by atoms with E-state index in [4.69, 9.17) is 5.11 Å². The van der Waals surface area contributed by atoms with Crippen LogP contribution in [0.3, 0.4) is 0 Å². The van der Waals surface area contributed by atoms with Crippen molar-refractivity contribution in [1.82, 2.24) is 10.2 Å². The first-order valence-corrected chi connectivity index (χ1v) is 5.86. The van der Waals surface area contributed by atoms with Crippen LogP contribution in [0, 0.1) is 0 Å². The molecular weight excluding hydrogens is 208 g/mol. The molecule has 5 heteroatoms. The zero-order valence-electron chi connectivity index (χ0n) is 9.48. The Labute approximate surface area is 94.8 Å². The minimum Gasteiger partial charge on any atom is -0.481 e. The van der Waals surface area contributed by atoms with Crippen molar-refractivity contribution >= 4 is 11.9 Å². The lowest BCUT2D eigenvalue weighted by Gasteiger charge is -2.40. The quantitative estimate of drug-likeness (QED) is 0.718. The van der Waals surface area contributed by atoms with Crippen molar-refractivity contribution in [2.24, 2.45) is 0 Å². The number of nitrogens with zero attached hydrogens (tertiary/aromatic N) is 1. The van der Waals surface area contributed by atoms with E-state index in [0.29, 0.717) is 25.0 Å². The van der Waals surface area contributed by atoms with Gasteiger partial charge in [0.05, 0.1) is 6.04 Å². The van der Waals surface area contributed by atoms with Gasteiger partial charge in [-0.05, 0) is 26.2 Å². The third-order valence-electron chi connectivity index (χ3n) is 3.34. The number of carboxylic acid groups (broad SMARTS) is 1. The Hall–Kier alpha value is -1.10. The number of nitrogens with one attached hydrogen (secondary N) is 1. The average Bonchev–Trinajstić information content (AvgIpc) is 3.02. The van der Waals surface area contributed by atoms with Crippen LogP contribution in [0.15, 0.2) is 0 Å². The molecule has 1 aliphatic heterocycles. The highest BCUT2D eigenvalue weighted by molar-refractivity contribution is 5.83. The lowest BCUT2D eigenvalue weighted by atomic mass is 10.0. The molecule has 0 aromatic rings. The van der Waals surface area contributed by atoms with Gasteiger partial charge in [-0.25, -0.2) is 0 Å². The lowest BCUT2D eigenvalue weighted by molar-refractivity contribution is -0.138. The van der Waals surface area contributed by atoms with Gasteiger partial charge in [0, 0.05) is 25.0 Å². The van der Waals surface area contributed by atoms with Gasteiger partial charge in [0.15, 0.2) is 0 Å². The van der Waals surface area contributed by atoms with Crippen LogP contribution in [0.4, 0.5) is 0 Å². The topological polar surface area (TPSA) is 69.6 Å².